The van der Waals surface area contributed by atoms with Crippen LogP contribution in [0.3, 0.4) is 0 Å². The Balaban J connectivity index is 1.82. The Morgan fingerprint density at radius 3 is 2.11 bits per heavy atom. The van der Waals surface area contributed by atoms with Crippen molar-refractivity contribution < 1.29 is 19.0 Å². The van der Waals surface area contributed by atoms with Crippen LogP contribution >= 0.6 is 0 Å². The predicted molar refractivity (Wildman–Crippen MR) is 108 cm³/mol. The van der Waals surface area contributed by atoms with E-state index in [-0.39, 0.29) is 5.91 Å². The molecule has 0 radical (unpaired) electrons. The number of aromatic nitrogens is 1. The zero-order chi connectivity index (χ0) is 19.9. The number of nitrogens with zero attached hydrogens (tertiary/aromatic N) is 1. The van der Waals surface area contributed by atoms with E-state index in [0.29, 0.717) is 34.2 Å². The molecule has 1 aromatic heterocycles. The maximum atomic E-state index is 12.5. The number of hydrogen-bond acceptors (Lipinski definition) is 6. The van der Waals surface area contributed by atoms with Crippen LogP contribution in [0.5, 0.6) is 17.2 Å². The highest BCUT2D eigenvalue weighted by atomic mass is 16.5. The van der Waals surface area contributed by atoms with Gasteiger partial charge in [-0.15, -0.1) is 0 Å². The van der Waals surface area contributed by atoms with E-state index >= 15 is 0 Å². The van der Waals surface area contributed by atoms with Crippen molar-refractivity contribution in [2.24, 2.45) is 0 Å². The van der Waals surface area contributed by atoms with Crippen LogP contribution in [-0.2, 0) is 0 Å². The second kappa shape index (κ2) is 8.77. The quantitative estimate of drug-likeness (QED) is 0.643. The molecule has 7 heteroatoms. The van der Waals surface area contributed by atoms with Gasteiger partial charge in [-0.05, 0) is 18.2 Å². The summed E-state index contributed by atoms with van der Waals surface area (Å²) in [5, 5.41) is 6.04. The van der Waals surface area contributed by atoms with Gasteiger partial charge in [0.15, 0.2) is 11.5 Å². The summed E-state index contributed by atoms with van der Waals surface area (Å²) < 4.78 is 16.0. The molecular weight excluding hydrogens is 358 g/mol. The van der Waals surface area contributed by atoms with Crippen LogP contribution in [-0.4, -0.2) is 32.2 Å². The maximum absolute atomic E-state index is 12.5. The van der Waals surface area contributed by atoms with E-state index in [2.05, 4.69) is 15.6 Å². The molecular formula is C21H21N3O4. The Hall–Kier alpha value is -3.74. The molecule has 0 aliphatic carbocycles. The van der Waals surface area contributed by atoms with E-state index in [0.717, 1.165) is 5.69 Å². The lowest BCUT2D eigenvalue weighted by molar-refractivity contribution is 0.102. The minimum absolute atomic E-state index is 0.243. The first kappa shape index (κ1) is 19.0. The Bertz CT molecular complexity index is 936. The molecule has 28 heavy (non-hydrogen) atoms. The molecule has 3 aromatic rings. The topological polar surface area (TPSA) is 81.7 Å². The van der Waals surface area contributed by atoms with Crippen molar-refractivity contribution in [1.29, 1.82) is 0 Å². The van der Waals surface area contributed by atoms with Crippen molar-refractivity contribution in [3.05, 3.63) is 66.5 Å². The van der Waals surface area contributed by atoms with E-state index in [9.17, 15) is 4.79 Å². The summed E-state index contributed by atoms with van der Waals surface area (Å²) in [6.45, 7) is 0. The van der Waals surface area contributed by atoms with E-state index < -0.39 is 0 Å². The molecule has 0 aliphatic heterocycles. The highest BCUT2D eigenvalue weighted by Crippen LogP contribution is 2.40. The van der Waals surface area contributed by atoms with E-state index in [1.54, 1.807) is 45.7 Å². The lowest BCUT2D eigenvalue weighted by atomic mass is 10.2. The smallest absolute Gasteiger partial charge is 0.257 e. The molecule has 2 N–H and O–H groups in total. The maximum Gasteiger partial charge on any atom is 0.257 e. The summed E-state index contributed by atoms with van der Waals surface area (Å²) in [4.78, 5) is 16.6. The molecule has 0 saturated heterocycles. The molecule has 0 fully saturated rings. The van der Waals surface area contributed by atoms with Gasteiger partial charge in [-0.3, -0.25) is 9.78 Å². The first-order valence-electron chi connectivity index (χ1n) is 8.53. The number of anilines is 3. The molecule has 0 spiro atoms. The molecule has 0 bridgehead atoms. The SMILES string of the molecule is COc1cc(Nc2cncc(C(=O)Nc3ccccc3)c2)cc(OC)c1OC. The van der Waals surface area contributed by atoms with Crippen molar-refractivity contribution in [2.45, 2.75) is 0 Å². The number of pyridine rings is 1. The number of methoxy groups -OCH3 is 3. The van der Waals surface area contributed by atoms with Crippen molar-refractivity contribution in [3.8, 4) is 17.2 Å². The van der Waals surface area contributed by atoms with Gasteiger partial charge in [-0.1, -0.05) is 18.2 Å². The lowest BCUT2D eigenvalue weighted by Crippen LogP contribution is -2.12. The van der Waals surface area contributed by atoms with E-state index in [1.165, 1.54) is 6.20 Å². The van der Waals surface area contributed by atoms with Gasteiger partial charge in [0.1, 0.15) is 0 Å². The van der Waals surface area contributed by atoms with Gasteiger partial charge >= 0.3 is 0 Å². The van der Waals surface area contributed by atoms with Gasteiger partial charge in [0.05, 0.1) is 38.8 Å². The zero-order valence-electron chi connectivity index (χ0n) is 15.9. The number of rotatable bonds is 7. The molecule has 3 rings (SSSR count). The first-order valence-corrected chi connectivity index (χ1v) is 8.53. The van der Waals surface area contributed by atoms with Gasteiger partial charge in [-0.2, -0.15) is 0 Å². The van der Waals surface area contributed by atoms with Crippen LogP contribution < -0.4 is 24.8 Å². The van der Waals surface area contributed by atoms with Gasteiger partial charge in [0.25, 0.3) is 5.91 Å². The number of carbonyl (C=O) groups is 1. The third-order valence-corrected chi connectivity index (χ3v) is 3.99. The van der Waals surface area contributed by atoms with Crippen LogP contribution in [0.1, 0.15) is 10.4 Å². The first-order chi connectivity index (χ1) is 13.6. The summed E-state index contributed by atoms with van der Waals surface area (Å²) in [5.41, 5.74) is 2.50. The third kappa shape index (κ3) is 4.32. The highest BCUT2D eigenvalue weighted by Gasteiger charge is 2.14. The summed E-state index contributed by atoms with van der Waals surface area (Å²) in [6.07, 6.45) is 3.14. The molecule has 0 saturated carbocycles. The number of carbonyl (C=O) groups excluding carboxylic acids is 1. The van der Waals surface area contributed by atoms with Gasteiger partial charge < -0.3 is 24.8 Å². The number of ether oxygens (including phenoxy) is 3. The Morgan fingerprint density at radius 1 is 0.821 bits per heavy atom. The van der Waals surface area contributed by atoms with Gasteiger partial charge in [0, 0.05) is 29.7 Å². The fourth-order valence-corrected chi connectivity index (χ4v) is 2.68. The number of amides is 1. The molecule has 144 valence electrons. The minimum Gasteiger partial charge on any atom is -0.493 e. The molecule has 2 aromatic carbocycles. The van der Waals surface area contributed by atoms with Crippen LogP contribution in [0, 0.1) is 0 Å². The Morgan fingerprint density at radius 2 is 1.50 bits per heavy atom. The molecule has 7 nitrogen and oxygen atoms in total. The largest absolute Gasteiger partial charge is 0.493 e. The lowest BCUT2D eigenvalue weighted by Gasteiger charge is -2.15. The van der Waals surface area contributed by atoms with E-state index in [1.807, 2.05) is 30.3 Å². The fourth-order valence-electron chi connectivity index (χ4n) is 2.68. The highest BCUT2D eigenvalue weighted by molar-refractivity contribution is 6.04. The average Bonchev–Trinajstić information content (AvgIpc) is 2.73. The summed E-state index contributed by atoms with van der Waals surface area (Å²) in [6, 6.07) is 14.5. The normalized spacial score (nSPS) is 10.1. The molecule has 0 atom stereocenters. The van der Waals surface area contributed by atoms with Crippen LogP contribution in [0.25, 0.3) is 0 Å². The second-order valence-corrected chi connectivity index (χ2v) is 5.82. The van der Waals surface area contributed by atoms with Crippen molar-refractivity contribution in [3.63, 3.8) is 0 Å². The Kier molecular flexibility index (Phi) is 5.96. The summed E-state index contributed by atoms with van der Waals surface area (Å²) >= 11 is 0. The summed E-state index contributed by atoms with van der Waals surface area (Å²) in [7, 11) is 4.65. The molecule has 1 amide bonds. The Labute approximate surface area is 163 Å². The van der Waals surface area contributed by atoms with Crippen molar-refractivity contribution >= 4 is 23.0 Å². The molecule has 0 unspecified atom stereocenters. The van der Waals surface area contributed by atoms with E-state index in [4.69, 9.17) is 14.2 Å². The summed E-state index contributed by atoms with van der Waals surface area (Å²) in [5.74, 6) is 1.31. The van der Waals surface area contributed by atoms with Crippen LogP contribution in [0.4, 0.5) is 17.1 Å². The predicted octanol–water partition coefficient (Wildman–Crippen LogP) is 4.10. The number of hydrogen-bond donors (Lipinski definition) is 2. The van der Waals surface area contributed by atoms with Gasteiger partial charge in [-0.25, -0.2) is 0 Å². The standard InChI is InChI=1S/C21H21N3O4/c1-26-18-10-16(11-19(27-2)20(18)28-3)23-17-9-14(12-22-13-17)21(25)24-15-7-5-4-6-8-15/h4-13,23H,1-3H3,(H,24,25). The van der Waals surface area contributed by atoms with Crippen LogP contribution in [0.2, 0.25) is 0 Å². The molecule has 0 aliphatic rings. The monoisotopic (exact) mass is 379 g/mol. The average molecular weight is 379 g/mol. The third-order valence-electron chi connectivity index (χ3n) is 3.99. The second-order valence-electron chi connectivity index (χ2n) is 5.82. The van der Waals surface area contributed by atoms with Crippen molar-refractivity contribution in [1.82, 2.24) is 4.98 Å². The zero-order valence-corrected chi connectivity index (χ0v) is 15.9. The van der Waals surface area contributed by atoms with Crippen LogP contribution in [0.15, 0.2) is 60.9 Å². The molecule has 1 heterocycles. The van der Waals surface area contributed by atoms with Gasteiger partial charge in [0.2, 0.25) is 5.75 Å². The number of nitrogens with one attached hydrogen (secondary N) is 2. The minimum atomic E-state index is -0.243. The number of para-hydroxylation sites is 1. The fraction of sp³-hybridized carbons (Fsp3) is 0.143. The van der Waals surface area contributed by atoms with Crippen molar-refractivity contribution in [2.75, 3.05) is 32.0 Å². The number of benzene rings is 2.